The van der Waals surface area contributed by atoms with Gasteiger partial charge in [0.05, 0.1) is 11.0 Å². The Kier molecular flexibility index (Phi) is 3.40. The molecule has 0 bridgehead atoms. The molecule has 1 aromatic carbocycles. The molecule has 1 aliphatic rings. The lowest BCUT2D eigenvalue weighted by atomic mass is 10.2. The fraction of sp³-hybridized carbons (Fsp3) is 0.429. The summed E-state index contributed by atoms with van der Waals surface area (Å²) in [6.45, 7) is 2.76. The molecule has 1 fully saturated rings. The van der Waals surface area contributed by atoms with Crippen LogP contribution in [0.15, 0.2) is 18.2 Å². The van der Waals surface area contributed by atoms with Gasteiger partial charge in [-0.05, 0) is 38.0 Å². The monoisotopic (exact) mass is 294 g/mol. The summed E-state index contributed by atoms with van der Waals surface area (Å²) in [5, 5.41) is 9.67. The third-order valence-corrected chi connectivity index (χ3v) is 3.87. The number of carboxylic acids is 1. The molecule has 0 amide bonds. The Bertz CT molecular complexity index is 668. The molecule has 2 atom stereocenters. The highest BCUT2D eigenvalue weighted by molar-refractivity contribution is 6.31. The number of carboxylic acid groups (broad SMARTS) is 1. The summed E-state index contributed by atoms with van der Waals surface area (Å²) in [6.07, 6.45) is 0.206. The van der Waals surface area contributed by atoms with E-state index in [9.17, 15) is 4.79 Å². The Morgan fingerprint density at radius 2 is 2.35 bits per heavy atom. The topological polar surface area (TPSA) is 64.4 Å². The number of aliphatic carboxylic acids is 1. The van der Waals surface area contributed by atoms with E-state index >= 15 is 0 Å². The summed E-state index contributed by atoms with van der Waals surface area (Å²) in [7, 11) is 0. The van der Waals surface area contributed by atoms with E-state index in [1.54, 1.807) is 6.07 Å². The Morgan fingerprint density at radius 3 is 3.00 bits per heavy atom. The van der Waals surface area contributed by atoms with Gasteiger partial charge in [-0.1, -0.05) is 11.6 Å². The molecule has 0 radical (unpaired) electrons. The maximum Gasteiger partial charge on any atom is 0.332 e. The van der Waals surface area contributed by atoms with Crippen LogP contribution in [0.25, 0.3) is 11.0 Å². The summed E-state index contributed by atoms with van der Waals surface area (Å²) in [6, 6.07) is 5.55. The van der Waals surface area contributed by atoms with Gasteiger partial charge in [-0.25, -0.2) is 9.78 Å². The molecular formula is C14H15ClN2O3. The average molecular weight is 295 g/mol. The van der Waals surface area contributed by atoms with Gasteiger partial charge in [-0.2, -0.15) is 0 Å². The van der Waals surface area contributed by atoms with E-state index in [0.29, 0.717) is 17.9 Å². The van der Waals surface area contributed by atoms with Crippen molar-refractivity contribution in [2.24, 2.45) is 0 Å². The van der Waals surface area contributed by atoms with Crippen LogP contribution in [0.1, 0.15) is 31.7 Å². The normalized spacial score (nSPS) is 22.5. The molecule has 2 aromatic rings. The predicted octanol–water partition coefficient (Wildman–Crippen LogP) is 3.01. The van der Waals surface area contributed by atoms with E-state index in [0.717, 1.165) is 23.4 Å². The zero-order valence-corrected chi connectivity index (χ0v) is 11.8. The van der Waals surface area contributed by atoms with Crippen molar-refractivity contribution in [1.82, 2.24) is 9.55 Å². The van der Waals surface area contributed by atoms with Crippen LogP contribution >= 0.6 is 11.6 Å². The lowest BCUT2D eigenvalue weighted by molar-refractivity contribution is -0.149. The van der Waals surface area contributed by atoms with Crippen LogP contribution in [0, 0.1) is 0 Å². The molecule has 1 N–H and O–H groups in total. The highest BCUT2D eigenvalue weighted by atomic mass is 35.5. The van der Waals surface area contributed by atoms with E-state index in [1.165, 1.54) is 0 Å². The van der Waals surface area contributed by atoms with Crippen LogP contribution in [0.4, 0.5) is 0 Å². The predicted molar refractivity (Wildman–Crippen MR) is 74.9 cm³/mol. The fourth-order valence-electron chi connectivity index (χ4n) is 2.70. The van der Waals surface area contributed by atoms with Gasteiger partial charge in [0.15, 0.2) is 6.10 Å². The number of hydrogen-bond donors (Lipinski definition) is 1. The number of fused-ring (bicyclic) bond motifs is 1. The van der Waals surface area contributed by atoms with Crippen molar-refractivity contribution in [3.8, 4) is 0 Å². The maximum atomic E-state index is 11.0. The van der Waals surface area contributed by atoms with Gasteiger partial charge in [0, 0.05) is 11.6 Å². The number of carbonyl (C=O) groups is 1. The van der Waals surface area contributed by atoms with Crippen LogP contribution < -0.4 is 0 Å². The second kappa shape index (κ2) is 5.07. The van der Waals surface area contributed by atoms with Crippen LogP contribution in [0.3, 0.4) is 0 Å². The summed E-state index contributed by atoms with van der Waals surface area (Å²) >= 11 is 6.03. The largest absolute Gasteiger partial charge is 0.479 e. The molecule has 2 unspecified atom stereocenters. The molecule has 106 valence electrons. The van der Waals surface area contributed by atoms with Gasteiger partial charge in [-0.3, -0.25) is 0 Å². The van der Waals surface area contributed by atoms with Crippen molar-refractivity contribution in [2.45, 2.75) is 38.5 Å². The van der Waals surface area contributed by atoms with Crippen LogP contribution in [-0.4, -0.2) is 26.7 Å². The molecule has 1 aromatic heterocycles. The van der Waals surface area contributed by atoms with Crippen LogP contribution in [-0.2, 0) is 16.1 Å². The molecule has 2 heterocycles. The molecular weight excluding hydrogens is 280 g/mol. The molecule has 1 saturated heterocycles. The van der Waals surface area contributed by atoms with Crippen molar-refractivity contribution in [3.05, 3.63) is 29.0 Å². The number of hydrogen-bond acceptors (Lipinski definition) is 3. The lowest BCUT2D eigenvalue weighted by Gasteiger charge is -2.12. The minimum atomic E-state index is -0.908. The van der Waals surface area contributed by atoms with E-state index < -0.39 is 12.1 Å². The van der Waals surface area contributed by atoms with Gasteiger partial charge in [0.2, 0.25) is 0 Å². The van der Waals surface area contributed by atoms with Crippen LogP contribution in [0.5, 0.6) is 0 Å². The van der Waals surface area contributed by atoms with E-state index in [1.807, 2.05) is 23.6 Å². The number of imidazole rings is 1. The van der Waals surface area contributed by atoms with Crippen LogP contribution in [0.2, 0.25) is 5.02 Å². The highest BCUT2D eigenvalue weighted by Crippen LogP contribution is 2.34. The molecule has 6 heteroatoms. The van der Waals surface area contributed by atoms with Crippen molar-refractivity contribution in [2.75, 3.05) is 0 Å². The van der Waals surface area contributed by atoms with Crippen molar-refractivity contribution in [3.63, 3.8) is 0 Å². The quantitative estimate of drug-likeness (QED) is 0.945. The first-order valence-corrected chi connectivity index (χ1v) is 7.02. The average Bonchev–Trinajstić information content (AvgIpc) is 3.01. The number of aromatic nitrogens is 2. The minimum absolute atomic E-state index is 0.262. The third kappa shape index (κ3) is 2.17. The Balaban J connectivity index is 2.01. The second-order valence-electron chi connectivity index (χ2n) is 4.88. The number of halogens is 1. The van der Waals surface area contributed by atoms with Gasteiger partial charge in [0.1, 0.15) is 11.9 Å². The number of rotatable bonds is 3. The molecule has 1 aliphatic heterocycles. The molecule has 0 saturated carbocycles. The maximum absolute atomic E-state index is 11.0. The van der Waals surface area contributed by atoms with Crippen molar-refractivity contribution < 1.29 is 14.6 Å². The SMILES string of the molecule is CCn1c(C2CCC(C(=O)O)O2)nc2ccc(Cl)cc21. The van der Waals surface area contributed by atoms with Crippen molar-refractivity contribution >= 4 is 28.6 Å². The Labute approximate surface area is 121 Å². The standard InChI is InChI=1S/C14H15ClN2O3/c1-2-17-10-7-8(15)3-4-9(10)16-13(17)11-5-6-12(20-11)14(18)19/h3-4,7,11-12H,2,5-6H2,1H3,(H,18,19). The molecule has 0 spiro atoms. The molecule has 3 rings (SSSR count). The highest BCUT2D eigenvalue weighted by Gasteiger charge is 2.34. The smallest absolute Gasteiger partial charge is 0.332 e. The number of ether oxygens (including phenoxy) is 1. The van der Waals surface area contributed by atoms with Gasteiger partial charge >= 0.3 is 5.97 Å². The molecule has 0 aliphatic carbocycles. The summed E-state index contributed by atoms with van der Waals surface area (Å²) in [5.41, 5.74) is 1.81. The molecule has 20 heavy (non-hydrogen) atoms. The van der Waals surface area contributed by atoms with Gasteiger partial charge in [-0.15, -0.1) is 0 Å². The first-order valence-electron chi connectivity index (χ1n) is 6.64. The first-order chi connectivity index (χ1) is 9.60. The van der Waals surface area contributed by atoms with E-state index in [4.69, 9.17) is 21.4 Å². The van der Waals surface area contributed by atoms with Crippen molar-refractivity contribution in [1.29, 1.82) is 0 Å². The zero-order chi connectivity index (χ0) is 14.3. The number of aryl methyl sites for hydroxylation is 1. The van der Waals surface area contributed by atoms with Gasteiger partial charge in [0.25, 0.3) is 0 Å². The fourth-order valence-corrected chi connectivity index (χ4v) is 2.87. The summed E-state index contributed by atoms with van der Waals surface area (Å²) < 4.78 is 7.63. The summed E-state index contributed by atoms with van der Waals surface area (Å²) in [5.74, 6) is -0.122. The van der Waals surface area contributed by atoms with E-state index in [2.05, 4.69) is 4.98 Å². The zero-order valence-electron chi connectivity index (χ0n) is 11.0. The number of nitrogens with zero attached hydrogens (tertiary/aromatic N) is 2. The second-order valence-corrected chi connectivity index (χ2v) is 5.31. The third-order valence-electron chi connectivity index (χ3n) is 3.64. The minimum Gasteiger partial charge on any atom is -0.479 e. The molecule has 5 nitrogen and oxygen atoms in total. The Hall–Kier alpha value is -1.59. The van der Waals surface area contributed by atoms with Gasteiger partial charge < -0.3 is 14.4 Å². The van der Waals surface area contributed by atoms with E-state index in [-0.39, 0.29) is 6.10 Å². The first kappa shape index (κ1) is 13.4. The summed E-state index contributed by atoms with van der Waals surface area (Å²) in [4.78, 5) is 15.6. The number of benzene rings is 1. The lowest BCUT2D eigenvalue weighted by Crippen LogP contribution is -2.19. The Morgan fingerprint density at radius 1 is 1.55 bits per heavy atom.